The smallest absolute Gasteiger partial charge is 0.119 e. The Kier molecular flexibility index (Phi) is 4.03. The SMILES string of the molecule is CC(C)Cc1c(O)cccc1Cc1ccccc1. The van der Waals surface area contributed by atoms with Crippen molar-refractivity contribution in [3.05, 3.63) is 65.2 Å². The van der Waals surface area contributed by atoms with E-state index in [0.717, 1.165) is 18.4 Å². The Balaban J connectivity index is 2.30. The molecule has 0 fully saturated rings. The van der Waals surface area contributed by atoms with Crippen LogP contribution in [0.2, 0.25) is 0 Å². The quantitative estimate of drug-likeness (QED) is 0.850. The van der Waals surface area contributed by atoms with Gasteiger partial charge in [0, 0.05) is 0 Å². The number of hydrogen-bond donors (Lipinski definition) is 1. The lowest BCUT2D eigenvalue weighted by Crippen LogP contribution is -2.01. The number of rotatable bonds is 4. The molecule has 0 aliphatic carbocycles. The number of phenols is 1. The van der Waals surface area contributed by atoms with Gasteiger partial charge in [-0.1, -0.05) is 56.3 Å². The van der Waals surface area contributed by atoms with Crippen molar-refractivity contribution < 1.29 is 5.11 Å². The second-order valence-electron chi connectivity index (χ2n) is 5.18. The molecule has 0 atom stereocenters. The Bertz CT molecular complexity index is 500. The molecule has 0 unspecified atom stereocenters. The molecule has 2 rings (SSSR count). The minimum absolute atomic E-state index is 0.428. The maximum atomic E-state index is 10.0. The standard InChI is InChI=1S/C17H20O/c1-13(2)11-16-15(9-6-10-17(16)18)12-14-7-4-3-5-8-14/h3-10,13,18H,11-12H2,1-2H3. The van der Waals surface area contributed by atoms with Crippen LogP contribution in [0, 0.1) is 5.92 Å². The molecule has 1 nitrogen and oxygen atoms in total. The molecule has 0 amide bonds. The lowest BCUT2D eigenvalue weighted by Gasteiger charge is -2.13. The van der Waals surface area contributed by atoms with Crippen molar-refractivity contribution in [2.45, 2.75) is 26.7 Å². The molecule has 0 saturated carbocycles. The third-order valence-corrected chi connectivity index (χ3v) is 3.10. The van der Waals surface area contributed by atoms with Gasteiger partial charge >= 0.3 is 0 Å². The van der Waals surface area contributed by atoms with Gasteiger partial charge in [0.1, 0.15) is 5.75 Å². The molecule has 0 aliphatic rings. The third kappa shape index (κ3) is 3.13. The van der Waals surface area contributed by atoms with Crippen molar-refractivity contribution in [1.82, 2.24) is 0 Å². The minimum Gasteiger partial charge on any atom is -0.508 e. The number of aromatic hydroxyl groups is 1. The van der Waals surface area contributed by atoms with Gasteiger partial charge in [-0.25, -0.2) is 0 Å². The molecule has 0 aromatic heterocycles. The molecule has 0 spiro atoms. The van der Waals surface area contributed by atoms with Gasteiger partial charge in [0.05, 0.1) is 0 Å². The van der Waals surface area contributed by atoms with Crippen LogP contribution in [-0.4, -0.2) is 5.11 Å². The first kappa shape index (κ1) is 12.7. The van der Waals surface area contributed by atoms with E-state index in [1.54, 1.807) is 6.07 Å². The van der Waals surface area contributed by atoms with E-state index >= 15 is 0 Å². The summed E-state index contributed by atoms with van der Waals surface area (Å²) in [5, 5.41) is 10.0. The number of phenolic OH excluding ortho intramolecular Hbond substituents is 1. The van der Waals surface area contributed by atoms with Crippen LogP contribution in [0.25, 0.3) is 0 Å². The van der Waals surface area contributed by atoms with E-state index in [4.69, 9.17) is 0 Å². The summed E-state index contributed by atoms with van der Waals surface area (Å²) in [6, 6.07) is 16.2. The van der Waals surface area contributed by atoms with Crippen LogP contribution in [0.3, 0.4) is 0 Å². The first-order valence-electron chi connectivity index (χ1n) is 6.50. The fraction of sp³-hybridized carbons (Fsp3) is 0.294. The van der Waals surface area contributed by atoms with Gasteiger partial charge in [0.25, 0.3) is 0 Å². The van der Waals surface area contributed by atoms with Crippen LogP contribution >= 0.6 is 0 Å². The first-order chi connectivity index (χ1) is 8.66. The zero-order chi connectivity index (χ0) is 13.0. The fourth-order valence-corrected chi connectivity index (χ4v) is 2.25. The minimum atomic E-state index is 0.428. The Morgan fingerprint density at radius 2 is 1.67 bits per heavy atom. The van der Waals surface area contributed by atoms with Crippen LogP contribution < -0.4 is 0 Å². The number of benzene rings is 2. The van der Waals surface area contributed by atoms with E-state index in [0.29, 0.717) is 11.7 Å². The number of hydrogen-bond acceptors (Lipinski definition) is 1. The van der Waals surface area contributed by atoms with Crippen LogP contribution in [-0.2, 0) is 12.8 Å². The summed E-state index contributed by atoms with van der Waals surface area (Å²) in [5.41, 5.74) is 3.61. The van der Waals surface area contributed by atoms with Gasteiger partial charge in [-0.15, -0.1) is 0 Å². The van der Waals surface area contributed by atoms with Crippen LogP contribution in [0.15, 0.2) is 48.5 Å². The zero-order valence-corrected chi connectivity index (χ0v) is 11.1. The van der Waals surface area contributed by atoms with Gasteiger partial charge in [-0.2, -0.15) is 0 Å². The predicted octanol–water partition coefficient (Wildman–Crippen LogP) is 4.18. The van der Waals surface area contributed by atoms with E-state index in [1.165, 1.54) is 11.1 Å². The lowest BCUT2D eigenvalue weighted by molar-refractivity contribution is 0.461. The zero-order valence-electron chi connectivity index (χ0n) is 11.1. The molecule has 0 bridgehead atoms. The first-order valence-corrected chi connectivity index (χ1v) is 6.50. The van der Waals surface area contributed by atoms with Crippen LogP contribution in [0.5, 0.6) is 5.75 Å². The summed E-state index contributed by atoms with van der Waals surface area (Å²) < 4.78 is 0. The largest absolute Gasteiger partial charge is 0.508 e. The molecule has 18 heavy (non-hydrogen) atoms. The molecule has 2 aromatic rings. The summed E-state index contributed by atoms with van der Waals surface area (Å²) in [5.74, 6) is 0.977. The van der Waals surface area contributed by atoms with E-state index in [9.17, 15) is 5.11 Å². The summed E-state index contributed by atoms with van der Waals surface area (Å²) in [4.78, 5) is 0. The second-order valence-corrected chi connectivity index (χ2v) is 5.18. The maximum Gasteiger partial charge on any atom is 0.119 e. The van der Waals surface area contributed by atoms with Gasteiger partial charge in [0.2, 0.25) is 0 Å². The average Bonchev–Trinajstić information content (AvgIpc) is 2.34. The van der Waals surface area contributed by atoms with Crippen molar-refractivity contribution in [1.29, 1.82) is 0 Å². The van der Waals surface area contributed by atoms with Crippen LogP contribution in [0.4, 0.5) is 0 Å². The van der Waals surface area contributed by atoms with Crippen LogP contribution in [0.1, 0.15) is 30.5 Å². The normalized spacial score (nSPS) is 10.8. The lowest BCUT2D eigenvalue weighted by atomic mass is 9.93. The molecule has 0 aliphatic heterocycles. The summed E-state index contributed by atoms with van der Waals surface area (Å²) in [6.45, 7) is 4.36. The van der Waals surface area contributed by atoms with Gasteiger partial charge in [-0.3, -0.25) is 0 Å². The molecule has 94 valence electrons. The Labute approximate surface area is 109 Å². The topological polar surface area (TPSA) is 20.2 Å². The molecule has 1 heteroatoms. The van der Waals surface area contributed by atoms with E-state index < -0.39 is 0 Å². The van der Waals surface area contributed by atoms with Gasteiger partial charge in [0.15, 0.2) is 0 Å². The highest BCUT2D eigenvalue weighted by molar-refractivity contribution is 5.42. The van der Waals surface area contributed by atoms with Crippen molar-refractivity contribution in [3.8, 4) is 5.75 Å². The third-order valence-electron chi connectivity index (χ3n) is 3.10. The fourth-order valence-electron chi connectivity index (χ4n) is 2.25. The summed E-state index contributed by atoms with van der Waals surface area (Å²) in [7, 11) is 0. The van der Waals surface area contributed by atoms with Crippen molar-refractivity contribution in [2.75, 3.05) is 0 Å². The summed E-state index contributed by atoms with van der Waals surface area (Å²) >= 11 is 0. The average molecular weight is 240 g/mol. The molecule has 2 aromatic carbocycles. The second kappa shape index (κ2) is 5.72. The highest BCUT2D eigenvalue weighted by Gasteiger charge is 2.09. The molecular formula is C17H20O. The van der Waals surface area contributed by atoms with E-state index in [-0.39, 0.29) is 0 Å². The predicted molar refractivity (Wildman–Crippen MR) is 75.9 cm³/mol. The summed E-state index contributed by atoms with van der Waals surface area (Å²) in [6.07, 6.45) is 1.81. The highest BCUT2D eigenvalue weighted by atomic mass is 16.3. The maximum absolute atomic E-state index is 10.0. The molecule has 0 heterocycles. The Morgan fingerprint density at radius 3 is 2.33 bits per heavy atom. The monoisotopic (exact) mass is 240 g/mol. The van der Waals surface area contributed by atoms with Crippen molar-refractivity contribution >= 4 is 0 Å². The Morgan fingerprint density at radius 1 is 0.944 bits per heavy atom. The van der Waals surface area contributed by atoms with Gasteiger partial charge < -0.3 is 5.11 Å². The molecule has 0 radical (unpaired) electrons. The van der Waals surface area contributed by atoms with Gasteiger partial charge in [-0.05, 0) is 41.5 Å². The molecule has 0 saturated heterocycles. The molecular weight excluding hydrogens is 220 g/mol. The Hall–Kier alpha value is -1.76. The van der Waals surface area contributed by atoms with E-state index in [2.05, 4.69) is 44.2 Å². The highest BCUT2D eigenvalue weighted by Crippen LogP contribution is 2.26. The van der Waals surface area contributed by atoms with Crippen molar-refractivity contribution in [2.24, 2.45) is 5.92 Å². The van der Waals surface area contributed by atoms with E-state index in [1.807, 2.05) is 12.1 Å². The molecule has 1 N–H and O–H groups in total. The van der Waals surface area contributed by atoms with Crippen molar-refractivity contribution in [3.63, 3.8) is 0 Å².